The van der Waals surface area contributed by atoms with Gasteiger partial charge in [-0.15, -0.1) is 0 Å². The summed E-state index contributed by atoms with van der Waals surface area (Å²) in [4.78, 5) is 2.57. The van der Waals surface area contributed by atoms with Gasteiger partial charge in [-0.3, -0.25) is 16.2 Å². The van der Waals surface area contributed by atoms with Crippen molar-refractivity contribution >= 4 is 11.3 Å². The van der Waals surface area contributed by atoms with E-state index < -0.39 is 0 Å². The Bertz CT molecular complexity index is 343. The summed E-state index contributed by atoms with van der Waals surface area (Å²) in [6.07, 6.45) is 4.44. The topological polar surface area (TPSA) is 41.3 Å². The van der Waals surface area contributed by atoms with Crippen LogP contribution in [0.2, 0.25) is 0 Å². The van der Waals surface area contributed by atoms with Crippen molar-refractivity contribution in [3.05, 3.63) is 22.4 Å². The monoisotopic (exact) mass is 297 g/mol. The van der Waals surface area contributed by atoms with Gasteiger partial charge in [-0.1, -0.05) is 27.7 Å². The lowest BCUT2D eigenvalue weighted by molar-refractivity contribution is 0.0462. The predicted molar refractivity (Wildman–Crippen MR) is 90.0 cm³/mol. The van der Waals surface area contributed by atoms with Crippen LogP contribution in [0.4, 0.5) is 0 Å². The van der Waals surface area contributed by atoms with Crippen molar-refractivity contribution in [2.75, 3.05) is 13.1 Å². The first-order valence-corrected chi connectivity index (χ1v) is 8.84. The van der Waals surface area contributed by atoms with E-state index in [0.29, 0.717) is 6.04 Å². The summed E-state index contributed by atoms with van der Waals surface area (Å²) in [5.74, 6) is 5.92. The zero-order valence-corrected chi connectivity index (χ0v) is 14.3. The van der Waals surface area contributed by atoms with E-state index in [9.17, 15) is 0 Å². The molecule has 0 bridgehead atoms. The third-order valence-electron chi connectivity index (χ3n) is 4.77. The summed E-state index contributed by atoms with van der Waals surface area (Å²) in [6, 6.07) is 2.55. The molecule has 20 heavy (non-hydrogen) atoms. The highest BCUT2D eigenvalue weighted by atomic mass is 32.1. The Labute approximate surface area is 128 Å². The minimum Gasteiger partial charge on any atom is -0.297 e. The second-order valence-electron chi connectivity index (χ2n) is 5.37. The predicted octanol–water partition coefficient (Wildman–Crippen LogP) is 3.41. The zero-order chi connectivity index (χ0) is 15.0. The smallest absolute Gasteiger partial charge is 0.0397 e. The lowest BCUT2D eigenvalue weighted by Crippen LogP contribution is -2.62. The fourth-order valence-corrected chi connectivity index (χ4v) is 4.22. The standard InChI is InChI=1S/C16H31N3S/c1-5-16(6-2,19(7-3)8-4)15(18-17)10-9-14-11-12-20-13-14/h11-13,15,18H,5-10,17H2,1-4H3. The third kappa shape index (κ3) is 3.82. The van der Waals surface area contributed by atoms with E-state index in [-0.39, 0.29) is 5.54 Å². The molecule has 0 saturated carbocycles. The van der Waals surface area contributed by atoms with Crippen molar-refractivity contribution < 1.29 is 0 Å². The molecule has 0 aliphatic rings. The van der Waals surface area contributed by atoms with E-state index in [1.165, 1.54) is 5.56 Å². The van der Waals surface area contributed by atoms with Crippen LogP contribution in [0.25, 0.3) is 0 Å². The van der Waals surface area contributed by atoms with Gasteiger partial charge < -0.3 is 0 Å². The highest BCUT2D eigenvalue weighted by Crippen LogP contribution is 2.30. The molecule has 4 heteroatoms. The number of nitrogens with one attached hydrogen (secondary N) is 1. The van der Waals surface area contributed by atoms with Gasteiger partial charge in [0.25, 0.3) is 0 Å². The Morgan fingerprint density at radius 2 is 1.90 bits per heavy atom. The van der Waals surface area contributed by atoms with Gasteiger partial charge in [0.15, 0.2) is 0 Å². The maximum atomic E-state index is 5.92. The van der Waals surface area contributed by atoms with E-state index in [1.54, 1.807) is 11.3 Å². The van der Waals surface area contributed by atoms with Crippen LogP contribution >= 0.6 is 11.3 Å². The van der Waals surface area contributed by atoms with Crippen LogP contribution in [0, 0.1) is 0 Å². The molecule has 0 aliphatic heterocycles. The molecule has 1 rings (SSSR count). The Balaban J connectivity index is 2.84. The third-order valence-corrected chi connectivity index (χ3v) is 5.50. The van der Waals surface area contributed by atoms with E-state index >= 15 is 0 Å². The van der Waals surface area contributed by atoms with Gasteiger partial charge in [-0.25, -0.2) is 0 Å². The number of hydrogen-bond donors (Lipinski definition) is 2. The maximum absolute atomic E-state index is 5.92. The second-order valence-corrected chi connectivity index (χ2v) is 6.15. The number of hydrazine groups is 1. The highest BCUT2D eigenvalue weighted by Gasteiger charge is 2.38. The molecule has 0 radical (unpaired) electrons. The lowest BCUT2D eigenvalue weighted by atomic mass is 9.80. The Kier molecular flexibility index (Phi) is 7.74. The van der Waals surface area contributed by atoms with Crippen LogP contribution in [0.15, 0.2) is 16.8 Å². The summed E-state index contributed by atoms with van der Waals surface area (Å²) in [6.45, 7) is 11.2. The number of nitrogens with zero attached hydrogens (tertiary/aromatic N) is 1. The van der Waals surface area contributed by atoms with Crippen LogP contribution < -0.4 is 11.3 Å². The number of nitrogens with two attached hydrogens (primary N) is 1. The largest absolute Gasteiger partial charge is 0.297 e. The first-order valence-electron chi connectivity index (χ1n) is 7.90. The normalized spacial score (nSPS) is 13.9. The van der Waals surface area contributed by atoms with E-state index in [2.05, 4.69) is 54.8 Å². The van der Waals surface area contributed by atoms with Gasteiger partial charge in [0.05, 0.1) is 0 Å². The lowest BCUT2D eigenvalue weighted by Gasteiger charge is -2.48. The molecule has 1 aromatic heterocycles. The molecule has 1 aromatic rings. The Morgan fingerprint density at radius 1 is 1.25 bits per heavy atom. The maximum Gasteiger partial charge on any atom is 0.0397 e. The van der Waals surface area contributed by atoms with Crippen molar-refractivity contribution in [1.82, 2.24) is 10.3 Å². The molecule has 1 unspecified atom stereocenters. The molecule has 3 N–H and O–H groups in total. The number of hydrogen-bond acceptors (Lipinski definition) is 4. The van der Waals surface area contributed by atoms with Gasteiger partial charge in [0, 0.05) is 11.6 Å². The van der Waals surface area contributed by atoms with Gasteiger partial charge in [0.1, 0.15) is 0 Å². The van der Waals surface area contributed by atoms with Crippen molar-refractivity contribution in [2.45, 2.75) is 65.0 Å². The summed E-state index contributed by atoms with van der Waals surface area (Å²) >= 11 is 1.77. The van der Waals surface area contributed by atoms with E-state index in [4.69, 9.17) is 5.84 Å². The number of aryl methyl sites for hydroxylation is 1. The Morgan fingerprint density at radius 3 is 2.30 bits per heavy atom. The molecule has 3 nitrogen and oxygen atoms in total. The first kappa shape index (κ1) is 17.6. The zero-order valence-electron chi connectivity index (χ0n) is 13.5. The second kappa shape index (κ2) is 8.78. The molecule has 0 saturated heterocycles. The van der Waals surface area contributed by atoms with Gasteiger partial charge in [0.2, 0.25) is 0 Å². The van der Waals surface area contributed by atoms with E-state index in [0.717, 1.165) is 38.8 Å². The molecule has 116 valence electrons. The van der Waals surface area contributed by atoms with Crippen LogP contribution in [-0.2, 0) is 6.42 Å². The van der Waals surface area contributed by atoms with Crippen LogP contribution in [-0.4, -0.2) is 29.6 Å². The quantitative estimate of drug-likeness (QED) is 0.513. The molecule has 0 aliphatic carbocycles. The molecular weight excluding hydrogens is 266 g/mol. The number of thiophene rings is 1. The molecule has 1 atom stereocenters. The minimum atomic E-state index is 0.161. The van der Waals surface area contributed by atoms with Gasteiger partial charge in [-0.05, 0) is 61.2 Å². The molecule has 1 heterocycles. The van der Waals surface area contributed by atoms with Crippen LogP contribution in [0.3, 0.4) is 0 Å². The summed E-state index contributed by atoms with van der Waals surface area (Å²) in [5.41, 5.74) is 4.71. The van der Waals surface area contributed by atoms with Crippen LogP contribution in [0.5, 0.6) is 0 Å². The highest BCUT2D eigenvalue weighted by molar-refractivity contribution is 7.07. The minimum absolute atomic E-state index is 0.161. The van der Waals surface area contributed by atoms with Crippen LogP contribution in [0.1, 0.15) is 52.5 Å². The fraction of sp³-hybridized carbons (Fsp3) is 0.750. The molecular formula is C16H31N3S. The SMILES string of the molecule is CCN(CC)C(CC)(CC)C(CCc1ccsc1)NN. The van der Waals surface area contributed by atoms with Gasteiger partial charge in [-0.2, -0.15) is 11.3 Å². The average molecular weight is 298 g/mol. The van der Waals surface area contributed by atoms with Crippen molar-refractivity contribution in [2.24, 2.45) is 5.84 Å². The first-order chi connectivity index (χ1) is 9.68. The average Bonchev–Trinajstić information content (AvgIpc) is 3.00. The van der Waals surface area contributed by atoms with E-state index in [1.807, 2.05) is 0 Å². The molecule has 0 aromatic carbocycles. The molecule has 0 spiro atoms. The fourth-order valence-electron chi connectivity index (χ4n) is 3.52. The Hall–Kier alpha value is -0.420. The number of likely N-dealkylation sites (N-methyl/N-ethyl adjacent to an activating group) is 1. The number of rotatable bonds is 10. The van der Waals surface area contributed by atoms with Gasteiger partial charge >= 0.3 is 0 Å². The van der Waals surface area contributed by atoms with Crippen molar-refractivity contribution in [3.63, 3.8) is 0 Å². The molecule has 0 fully saturated rings. The summed E-state index contributed by atoms with van der Waals surface area (Å²) < 4.78 is 0. The van der Waals surface area contributed by atoms with Crippen molar-refractivity contribution in [3.8, 4) is 0 Å². The van der Waals surface area contributed by atoms with Crippen molar-refractivity contribution in [1.29, 1.82) is 0 Å². The summed E-state index contributed by atoms with van der Waals surface area (Å²) in [7, 11) is 0. The summed E-state index contributed by atoms with van der Waals surface area (Å²) in [5, 5.41) is 4.39. The molecule has 0 amide bonds.